The largest absolute Gasteiger partial charge is 0.324 e. The average Bonchev–Trinajstić information content (AvgIpc) is 2.09. The Kier molecular flexibility index (Phi) is 4.45. The summed E-state index contributed by atoms with van der Waals surface area (Å²) in [5, 5.41) is 1.36. The van der Waals surface area contributed by atoms with Gasteiger partial charge in [0.1, 0.15) is 0 Å². The quantitative estimate of drug-likeness (QED) is 0.843. The molecule has 0 radical (unpaired) electrons. The fraction of sp³-hybridized carbons (Fsp3) is 0.500. The first-order valence-corrected chi connectivity index (χ1v) is 5.88. The van der Waals surface area contributed by atoms with Crippen molar-refractivity contribution < 1.29 is 0 Å². The Morgan fingerprint density at radius 3 is 2.33 bits per heavy atom. The monoisotopic (exact) mass is 245 g/mol. The van der Waals surface area contributed by atoms with Crippen LogP contribution in [0.3, 0.4) is 0 Å². The van der Waals surface area contributed by atoms with E-state index in [4.69, 9.17) is 28.9 Å². The molecule has 0 amide bonds. The first-order chi connectivity index (χ1) is 6.91. The van der Waals surface area contributed by atoms with Crippen LogP contribution in [0.2, 0.25) is 10.0 Å². The fourth-order valence-electron chi connectivity index (χ4n) is 1.60. The minimum absolute atomic E-state index is 0.00605. The molecule has 0 saturated carbocycles. The van der Waals surface area contributed by atoms with Crippen LogP contribution in [0.4, 0.5) is 0 Å². The number of hydrogen-bond acceptors (Lipinski definition) is 1. The third-order valence-corrected chi connectivity index (χ3v) is 3.14. The van der Waals surface area contributed by atoms with Gasteiger partial charge in [-0.05, 0) is 36.5 Å². The smallest absolute Gasteiger partial charge is 0.0468 e. The molecule has 0 aliphatic carbocycles. The fourth-order valence-corrected chi connectivity index (χ4v) is 2.12. The maximum atomic E-state index is 6.12. The highest BCUT2D eigenvalue weighted by Gasteiger charge is 2.13. The molecule has 0 aromatic heterocycles. The second kappa shape index (κ2) is 5.20. The summed E-state index contributed by atoms with van der Waals surface area (Å²) >= 11 is 12.1. The number of halogens is 2. The summed E-state index contributed by atoms with van der Waals surface area (Å²) in [4.78, 5) is 0. The Hall–Kier alpha value is -0.240. The maximum absolute atomic E-state index is 6.12. The van der Waals surface area contributed by atoms with Crippen LogP contribution >= 0.6 is 23.2 Å². The molecule has 0 fully saturated rings. The molecule has 0 spiro atoms. The summed E-state index contributed by atoms with van der Waals surface area (Å²) in [7, 11) is 0. The van der Waals surface area contributed by atoms with E-state index < -0.39 is 0 Å². The van der Waals surface area contributed by atoms with Crippen molar-refractivity contribution >= 4 is 23.2 Å². The van der Waals surface area contributed by atoms with Crippen LogP contribution in [0.1, 0.15) is 37.4 Å². The predicted molar refractivity (Wildman–Crippen MR) is 67.6 cm³/mol. The topological polar surface area (TPSA) is 26.0 Å². The van der Waals surface area contributed by atoms with E-state index in [0.717, 1.165) is 17.5 Å². The van der Waals surface area contributed by atoms with Gasteiger partial charge >= 0.3 is 0 Å². The van der Waals surface area contributed by atoms with Crippen molar-refractivity contribution in [2.24, 2.45) is 11.7 Å². The van der Waals surface area contributed by atoms with E-state index in [1.54, 1.807) is 6.07 Å². The molecular formula is C12H17Cl2N. The summed E-state index contributed by atoms with van der Waals surface area (Å²) in [6, 6.07) is 3.75. The van der Waals surface area contributed by atoms with E-state index in [-0.39, 0.29) is 6.04 Å². The van der Waals surface area contributed by atoms with Crippen molar-refractivity contribution in [2.45, 2.75) is 33.2 Å². The summed E-state index contributed by atoms with van der Waals surface area (Å²) < 4.78 is 0. The van der Waals surface area contributed by atoms with Crippen LogP contribution in [0.25, 0.3) is 0 Å². The molecule has 1 aromatic carbocycles. The molecule has 1 nitrogen and oxygen atoms in total. The summed E-state index contributed by atoms with van der Waals surface area (Å²) in [6.45, 7) is 6.26. The second-order valence-corrected chi connectivity index (χ2v) is 5.17. The average molecular weight is 246 g/mol. The molecule has 2 N–H and O–H groups in total. The second-order valence-electron chi connectivity index (χ2n) is 4.36. The summed E-state index contributed by atoms with van der Waals surface area (Å²) in [6.07, 6.45) is 0.931. The van der Waals surface area contributed by atoms with E-state index in [1.807, 2.05) is 13.0 Å². The lowest BCUT2D eigenvalue weighted by Crippen LogP contribution is -2.13. The lowest BCUT2D eigenvalue weighted by molar-refractivity contribution is 0.510. The standard InChI is InChI=1S/C12H17Cl2N/c1-7(2)4-12(15)9-5-8(3)10(13)6-11(9)14/h5-7,12H,4,15H2,1-3H3. The predicted octanol–water partition coefficient (Wildman–Crippen LogP) is 4.35. The van der Waals surface area contributed by atoms with Crippen molar-refractivity contribution in [1.82, 2.24) is 0 Å². The van der Waals surface area contributed by atoms with Gasteiger partial charge in [-0.1, -0.05) is 43.1 Å². The van der Waals surface area contributed by atoms with Crippen LogP contribution < -0.4 is 5.73 Å². The van der Waals surface area contributed by atoms with Gasteiger partial charge in [-0.3, -0.25) is 0 Å². The lowest BCUT2D eigenvalue weighted by atomic mass is 9.97. The SMILES string of the molecule is Cc1cc(C(N)CC(C)C)c(Cl)cc1Cl. The molecule has 0 heterocycles. The zero-order valence-electron chi connectivity index (χ0n) is 9.35. The van der Waals surface area contributed by atoms with E-state index >= 15 is 0 Å². The van der Waals surface area contributed by atoms with Crippen LogP contribution in [-0.4, -0.2) is 0 Å². The Bertz CT molecular complexity index is 348. The third-order valence-electron chi connectivity index (χ3n) is 2.40. The van der Waals surface area contributed by atoms with E-state index in [0.29, 0.717) is 16.0 Å². The molecule has 0 aliphatic rings. The molecule has 1 unspecified atom stereocenters. The van der Waals surface area contributed by atoms with Crippen LogP contribution in [0.15, 0.2) is 12.1 Å². The minimum atomic E-state index is -0.00605. The van der Waals surface area contributed by atoms with E-state index in [1.165, 1.54) is 0 Å². The molecule has 0 aliphatic heterocycles. The maximum Gasteiger partial charge on any atom is 0.0468 e. The number of aryl methyl sites for hydroxylation is 1. The first-order valence-electron chi connectivity index (χ1n) is 5.13. The van der Waals surface area contributed by atoms with Gasteiger partial charge in [-0.15, -0.1) is 0 Å². The zero-order valence-corrected chi connectivity index (χ0v) is 10.9. The Morgan fingerprint density at radius 1 is 1.20 bits per heavy atom. The van der Waals surface area contributed by atoms with Gasteiger partial charge in [-0.25, -0.2) is 0 Å². The Balaban J connectivity index is 2.98. The highest BCUT2D eigenvalue weighted by atomic mass is 35.5. The van der Waals surface area contributed by atoms with Crippen LogP contribution in [0.5, 0.6) is 0 Å². The molecular weight excluding hydrogens is 229 g/mol. The van der Waals surface area contributed by atoms with Gasteiger partial charge in [0.15, 0.2) is 0 Å². The third kappa shape index (κ3) is 3.37. The van der Waals surface area contributed by atoms with Crippen molar-refractivity contribution in [3.8, 4) is 0 Å². The molecule has 0 saturated heterocycles. The Labute approximate surface area is 102 Å². The van der Waals surface area contributed by atoms with Crippen LogP contribution in [-0.2, 0) is 0 Å². The number of nitrogens with two attached hydrogens (primary N) is 1. The molecule has 1 rings (SSSR count). The van der Waals surface area contributed by atoms with Gasteiger partial charge < -0.3 is 5.73 Å². The highest BCUT2D eigenvalue weighted by Crippen LogP contribution is 2.30. The van der Waals surface area contributed by atoms with Gasteiger partial charge in [0.2, 0.25) is 0 Å². The van der Waals surface area contributed by atoms with Crippen molar-refractivity contribution in [3.05, 3.63) is 33.3 Å². The molecule has 84 valence electrons. The van der Waals surface area contributed by atoms with Crippen molar-refractivity contribution in [2.75, 3.05) is 0 Å². The van der Waals surface area contributed by atoms with E-state index in [2.05, 4.69) is 13.8 Å². The van der Waals surface area contributed by atoms with Crippen molar-refractivity contribution in [1.29, 1.82) is 0 Å². The number of benzene rings is 1. The molecule has 0 bridgehead atoms. The summed E-state index contributed by atoms with van der Waals surface area (Å²) in [5.41, 5.74) is 8.10. The van der Waals surface area contributed by atoms with Gasteiger partial charge in [0.05, 0.1) is 0 Å². The van der Waals surface area contributed by atoms with Gasteiger partial charge in [0, 0.05) is 16.1 Å². The number of rotatable bonds is 3. The zero-order chi connectivity index (χ0) is 11.6. The molecule has 1 atom stereocenters. The molecule has 3 heteroatoms. The Morgan fingerprint density at radius 2 is 1.80 bits per heavy atom. The molecule has 1 aromatic rings. The van der Waals surface area contributed by atoms with Crippen LogP contribution in [0, 0.1) is 12.8 Å². The van der Waals surface area contributed by atoms with Gasteiger partial charge in [0.25, 0.3) is 0 Å². The highest BCUT2D eigenvalue weighted by molar-refractivity contribution is 6.35. The lowest BCUT2D eigenvalue weighted by Gasteiger charge is -2.17. The summed E-state index contributed by atoms with van der Waals surface area (Å²) in [5.74, 6) is 0.562. The van der Waals surface area contributed by atoms with Gasteiger partial charge in [-0.2, -0.15) is 0 Å². The first kappa shape index (κ1) is 12.8. The number of hydrogen-bond donors (Lipinski definition) is 1. The van der Waals surface area contributed by atoms with Crippen molar-refractivity contribution in [3.63, 3.8) is 0 Å². The normalized spacial score (nSPS) is 13.3. The molecule has 15 heavy (non-hydrogen) atoms. The van der Waals surface area contributed by atoms with E-state index in [9.17, 15) is 0 Å². The minimum Gasteiger partial charge on any atom is -0.324 e.